The summed E-state index contributed by atoms with van der Waals surface area (Å²) in [4.78, 5) is 26.7. The molecule has 0 aliphatic rings. The standard InChI is InChI=1S/C23H20Cl2FN3O2/c24-17-9-12-21(20(25)15-17)28-23(31)27-13-4-14-29(19-5-2-1-3-6-19)22(30)16-7-10-18(26)11-8-16/h1-3,5-12,15H,4,13-14H2,(H2,27,28,31). The van der Waals surface area contributed by atoms with Crippen LogP contribution >= 0.6 is 23.2 Å². The molecule has 0 aliphatic carbocycles. The van der Waals surface area contributed by atoms with Crippen molar-refractivity contribution in [1.82, 2.24) is 5.32 Å². The van der Waals surface area contributed by atoms with E-state index in [9.17, 15) is 14.0 Å². The van der Waals surface area contributed by atoms with Crippen LogP contribution in [0.2, 0.25) is 10.0 Å². The monoisotopic (exact) mass is 459 g/mol. The molecule has 0 bridgehead atoms. The summed E-state index contributed by atoms with van der Waals surface area (Å²) in [5, 5.41) is 6.20. The lowest BCUT2D eigenvalue weighted by Gasteiger charge is -2.23. The topological polar surface area (TPSA) is 61.4 Å². The van der Waals surface area contributed by atoms with Crippen molar-refractivity contribution in [3.63, 3.8) is 0 Å². The molecule has 0 saturated carbocycles. The second-order valence-corrected chi connectivity index (χ2v) is 7.50. The Morgan fingerprint density at radius 1 is 0.935 bits per heavy atom. The zero-order valence-electron chi connectivity index (χ0n) is 16.4. The normalized spacial score (nSPS) is 10.4. The average Bonchev–Trinajstić information content (AvgIpc) is 2.76. The van der Waals surface area contributed by atoms with Gasteiger partial charge in [-0.05, 0) is 61.0 Å². The summed E-state index contributed by atoms with van der Waals surface area (Å²) in [6.45, 7) is 0.694. The largest absolute Gasteiger partial charge is 0.338 e. The molecule has 31 heavy (non-hydrogen) atoms. The second-order valence-electron chi connectivity index (χ2n) is 6.66. The van der Waals surface area contributed by atoms with E-state index in [2.05, 4.69) is 10.6 Å². The van der Waals surface area contributed by atoms with Gasteiger partial charge in [0.15, 0.2) is 0 Å². The van der Waals surface area contributed by atoms with Crippen molar-refractivity contribution >= 4 is 46.5 Å². The van der Waals surface area contributed by atoms with Gasteiger partial charge in [0.1, 0.15) is 5.82 Å². The fourth-order valence-corrected chi connectivity index (χ4v) is 3.36. The molecule has 0 heterocycles. The predicted octanol–water partition coefficient (Wildman–Crippen LogP) is 5.99. The number of hydrogen-bond acceptors (Lipinski definition) is 2. The van der Waals surface area contributed by atoms with Crippen molar-refractivity contribution in [3.05, 3.63) is 94.2 Å². The summed E-state index contributed by atoms with van der Waals surface area (Å²) in [5.41, 5.74) is 1.54. The number of benzene rings is 3. The first-order chi connectivity index (χ1) is 14.9. The van der Waals surface area contributed by atoms with Crippen molar-refractivity contribution in [1.29, 1.82) is 0 Å². The Balaban J connectivity index is 1.58. The minimum absolute atomic E-state index is 0.247. The van der Waals surface area contributed by atoms with Crippen LogP contribution in [-0.2, 0) is 0 Å². The van der Waals surface area contributed by atoms with Crippen LogP contribution in [0.15, 0.2) is 72.8 Å². The molecule has 0 aromatic heterocycles. The number of amides is 3. The molecule has 0 unspecified atom stereocenters. The van der Waals surface area contributed by atoms with Gasteiger partial charge in [-0.3, -0.25) is 4.79 Å². The maximum Gasteiger partial charge on any atom is 0.319 e. The molecule has 2 N–H and O–H groups in total. The minimum Gasteiger partial charge on any atom is -0.338 e. The van der Waals surface area contributed by atoms with Gasteiger partial charge in [-0.2, -0.15) is 0 Å². The number of carbonyl (C=O) groups is 2. The van der Waals surface area contributed by atoms with E-state index >= 15 is 0 Å². The van der Waals surface area contributed by atoms with Gasteiger partial charge >= 0.3 is 6.03 Å². The van der Waals surface area contributed by atoms with E-state index in [0.717, 1.165) is 0 Å². The van der Waals surface area contributed by atoms with Crippen LogP contribution < -0.4 is 15.5 Å². The first-order valence-electron chi connectivity index (χ1n) is 9.56. The molecule has 3 aromatic rings. The van der Waals surface area contributed by atoms with Crippen LogP contribution in [0, 0.1) is 5.82 Å². The first kappa shape index (κ1) is 22.6. The number of nitrogens with zero attached hydrogens (tertiary/aromatic N) is 1. The molecule has 0 radical (unpaired) electrons. The SMILES string of the molecule is O=C(NCCCN(C(=O)c1ccc(F)cc1)c1ccccc1)Nc1ccc(Cl)cc1Cl. The van der Waals surface area contributed by atoms with Gasteiger partial charge in [-0.1, -0.05) is 41.4 Å². The number of anilines is 2. The number of nitrogens with one attached hydrogen (secondary N) is 2. The molecule has 0 atom stereocenters. The Labute approximate surface area is 189 Å². The van der Waals surface area contributed by atoms with E-state index in [-0.39, 0.29) is 5.91 Å². The fraction of sp³-hybridized carbons (Fsp3) is 0.130. The molecule has 0 saturated heterocycles. The van der Waals surface area contributed by atoms with Crippen LogP contribution in [0.25, 0.3) is 0 Å². The van der Waals surface area contributed by atoms with Crippen molar-refractivity contribution < 1.29 is 14.0 Å². The number of carbonyl (C=O) groups excluding carboxylic acids is 2. The van der Waals surface area contributed by atoms with Gasteiger partial charge in [0.2, 0.25) is 0 Å². The lowest BCUT2D eigenvalue weighted by atomic mass is 10.1. The van der Waals surface area contributed by atoms with Gasteiger partial charge in [0.25, 0.3) is 5.91 Å². The van der Waals surface area contributed by atoms with Crippen molar-refractivity contribution in [2.24, 2.45) is 0 Å². The smallest absolute Gasteiger partial charge is 0.319 e. The van der Waals surface area contributed by atoms with E-state index in [1.54, 1.807) is 17.0 Å². The van der Waals surface area contributed by atoms with Crippen LogP contribution in [0.5, 0.6) is 0 Å². The van der Waals surface area contributed by atoms with Crippen molar-refractivity contribution in [2.45, 2.75) is 6.42 Å². The Morgan fingerprint density at radius 3 is 2.32 bits per heavy atom. The van der Waals surface area contributed by atoms with Crippen LogP contribution in [0.3, 0.4) is 0 Å². The molecule has 8 heteroatoms. The summed E-state index contributed by atoms with van der Waals surface area (Å²) in [5.74, 6) is -0.651. The third kappa shape index (κ3) is 6.44. The predicted molar refractivity (Wildman–Crippen MR) is 123 cm³/mol. The maximum absolute atomic E-state index is 13.2. The highest BCUT2D eigenvalue weighted by molar-refractivity contribution is 6.36. The summed E-state index contributed by atoms with van der Waals surface area (Å²) >= 11 is 11.9. The van der Waals surface area contributed by atoms with Crippen LogP contribution in [0.1, 0.15) is 16.8 Å². The van der Waals surface area contributed by atoms with E-state index in [4.69, 9.17) is 23.2 Å². The third-order valence-corrected chi connectivity index (χ3v) is 4.98. The molecule has 5 nitrogen and oxygen atoms in total. The van der Waals surface area contributed by atoms with Crippen molar-refractivity contribution in [3.8, 4) is 0 Å². The molecule has 3 rings (SSSR count). The Hall–Kier alpha value is -3.09. The zero-order chi connectivity index (χ0) is 22.2. The number of hydrogen-bond donors (Lipinski definition) is 2. The van der Waals surface area contributed by atoms with E-state index in [0.29, 0.717) is 46.5 Å². The number of para-hydroxylation sites is 1. The zero-order valence-corrected chi connectivity index (χ0v) is 18.0. The van der Waals surface area contributed by atoms with Gasteiger partial charge < -0.3 is 15.5 Å². The van der Waals surface area contributed by atoms with Crippen LogP contribution in [-0.4, -0.2) is 25.0 Å². The summed E-state index contributed by atoms with van der Waals surface area (Å²) in [6.07, 6.45) is 0.504. The lowest BCUT2D eigenvalue weighted by molar-refractivity contribution is 0.0986. The average molecular weight is 460 g/mol. The second kappa shape index (κ2) is 10.8. The van der Waals surface area contributed by atoms with Gasteiger partial charge in [0, 0.05) is 29.4 Å². The van der Waals surface area contributed by atoms with Gasteiger partial charge in [-0.15, -0.1) is 0 Å². The minimum atomic E-state index is -0.416. The lowest BCUT2D eigenvalue weighted by Crippen LogP contribution is -2.35. The molecule has 0 spiro atoms. The Bertz CT molecular complexity index is 1050. The highest BCUT2D eigenvalue weighted by Gasteiger charge is 2.17. The number of rotatable bonds is 7. The molecule has 0 aliphatic heterocycles. The first-order valence-corrected chi connectivity index (χ1v) is 10.3. The highest BCUT2D eigenvalue weighted by atomic mass is 35.5. The number of urea groups is 1. The Kier molecular flexibility index (Phi) is 7.87. The van der Waals surface area contributed by atoms with Gasteiger partial charge in [-0.25, -0.2) is 9.18 Å². The number of halogens is 3. The molecule has 160 valence electrons. The van der Waals surface area contributed by atoms with Gasteiger partial charge in [0.05, 0.1) is 10.7 Å². The van der Waals surface area contributed by atoms with Crippen molar-refractivity contribution in [2.75, 3.05) is 23.3 Å². The van der Waals surface area contributed by atoms with E-state index in [1.165, 1.54) is 30.3 Å². The molecule has 0 fully saturated rings. The molecule has 3 amide bonds. The summed E-state index contributed by atoms with van der Waals surface area (Å²) in [6, 6.07) is 19.0. The Morgan fingerprint density at radius 2 is 1.65 bits per heavy atom. The van der Waals surface area contributed by atoms with E-state index < -0.39 is 11.8 Å². The molecular weight excluding hydrogens is 440 g/mol. The maximum atomic E-state index is 13.2. The summed E-state index contributed by atoms with van der Waals surface area (Å²) < 4.78 is 13.2. The highest BCUT2D eigenvalue weighted by Crippen LogP contribution is 2.25. The molecular formula is C23H20Cl2FN3O2. The summed E-state index contributed by atoms with van der Waals surface area (Å²) in [7, 11) is 0. The van der Waals surface area contributed by atoms with E-state index in [1.807, 2.05) is 30.3 Å². The van der Waals surface area contributed by atoms with Crippen LogP contribution in [0.4, 0.5) is 20.6 Å². The fourth-order valence-electron chi connectivity index (χ4n) is 2.90. The third-order valence-electron chi connectivity index (χ3n) is 4.43. The molecule has 3 aromatic carbocycles. The quantitative estimate of drug-likeness (QED) is 0.426.